The first kappa shape index (κ1) is 10.9. The van der Waals surface area contributed by atoms with Crippen LogP contribution in [0.1, 0.15) is 18.3 Å². The van der Waals surface area contributed by atoms with Gasteiger partial charge in [-0.2, -0.15) is 0 Å². The van der Waals surface area contributed by atoms with Crippen LogP contribution in [0.25, 0.3) is 11.0 Å². The molecule has 16 heavy (non-hydrogen) atoms. The highest BCUT2D eigenvalue weighted by molar-refractivity contribution is 5.77. The Labute approximate surface area is 95.6 Å². The van der Waals surface area contributed by atoms with Crippen molar-refractivity contribution in [1.82, 2.24) is 9.55 Å². The standard InChI is InChI=1S/C13H17N3/c1-9(2)8-16-12-5-4-10(3)6-11(12)15-13(16)7-14/h4-6H,1,7-8,14H2,2-3H3. The van der Waals surface area contributed by atoms with Crippen molar-refractivity contribution in [3.8, 4) is 0 Å². The summed E-state index contributed by atoms with van der Waals surface area (Å²) in [6.45, 7) is 9.27. The molecule has 0 atom stereocenters. The third-order valence-corrected chi connectivity index (χ3v) is 2.59. The summed E-state index contributed by atoms with van der Waals surface area (Å²) in [6.07, 6.45) is 0. The average Bonchev–Trinajstić information content (AvgIpc) is 2.55. The van der Waals surface area contributed by atoms with Gasteiger partial charge in [0.25, 0.3) is 0 Å². The van der Waals surface area contributed by atoms with E-state index in [9.17, 15) is 0 Å². The lowest BCUT2D eigenvalue weighted by Gasteiger charge is -2.07. The van der Waals surface area contributed by atoms with Gasteiger partial charge in [-0.25, -0.2) is 4.98 Å². The molecule has 2 N–H and O–H groups in total. The fraction of sp³-hybridized carbons (Fsp3) is 0.308. The molecule has 0 radical (unpaired) electrons. The van der Waals surface area contributed by atoms with Gasteiger partial charge in [0.15, 0.2) is 0 Å². The molecule has 0 aliphatic rings. The minimum atomic E-state index is 0.459. The van der Waals surface area contributed by atoms with E-state index in [0.717, 1.165) is 29.0 Å². The molecule has 0 aliphatic carbocycles. The number of imidazole rings is 1. The van der Waals surface area contributed by atoms with Gasteiger partial charge in [0.05, 0.1) is 17.6 Å². The van der Waals surface area contributed by atoms with Gasteiger partial charge in [-0.15, -0.1) is 0 Å². The molecule has 0 unspecified atom stereocenters. The molecule has 1 heterocycles. The number of allylic oxidation sites excluding steroid dienone is 1. The van der Waals surface area contributed by atoms with Crippen molar-refractivity contribution in [3.63, 3.8) is 0 Å². The number of nitrogens with two attached hydrogens (primary N) is 1. The minimum absolute atomic E-state index is 0.459. The molecule has 2 rings (SSSR count). The van der Waals surface area contributed by atoms with Gasteiger partial charge in [0, 0.05) is 6.54 Å². The fourth-order valence-corrected chi connectivity index (χ4v) is 1.89. The van der Waals surface area contributed by atoms with Crippen LogP contribution in [0.15, 0.2) is 30.4 Å². The van der Waals surface area contributed by atoms with Gasteiger partial charge in [0.1, 0.15) is 5.82 Å². The zero-order valence-electron chi connectivity index (χ0n) is 9.83. The second kappa shape index (κ2) is 4.10. The molecule has 0 spiro atoms. The highest BCUT2D eigenvalue weighted by atomic mass is 15.1. The molecule has 84 valence electrons. The van der Waals surface area contributed by atoms with Crippen LogP contribution in [0.3, 0.4) is 0 Å². The van der Waals surface area contributed by atoms with Crippen molar-refractivity contribution in [2.75, 3.05) is 0 Å². The van der Waals surface area contributed by atoms with Crippen LogP contribution >= 0.6 is 0 Å². The van der Waals surface area contributed by atoms with Gasteiger partial charge < -0.3 is 10.3 Å². The fourth-order valence-electron chi connectivity index (χ4n) is 1.89. The average molecular weight is 215 g/mol. The maximum Gasteiger partial charge on any atom is 0.123 e. The summed E-state index contributed by atoms with van der Waals surface area (Å²) in [5.41, 5.74) is 10.2. The summed E-state index contributed by atoms with van der Waals surface area (Å²) in [5, 5.41) is 0. The summed E-state index contributed by atoms with van der Waals surface area (Å²) in [7, 11) is 0. The van der Waals surface area contributed by atoms with Crippen molar-refractivity contribution < 1.29 is 0 Å². The van der Waals surface area contributed by atoms with Crippen LogP contribution < -0.4 is 5.73 Å². The lowest BCUT2D eigenvalue weighted by Crippen LogP contribution is -2.08. The second-order valence-corrected chi connectivity index (χ2v) is 4.27. The summed E-state index contributed by atoms with van der Waals surface area (Å²) in [4.78, 5) is 4.54. The van der Waals surface area contributed by atoms with Gasteiger partial charge in [0.2, 0.25) is 0 Å². The lowest BCUT2D eigenvalue weighted by molar-refractivity contribution is 0.736. The predicted molar refractivity (Wildman–Crippen MR) is 67.2 cm³/mol. The molecule has 0 bridgehead atoms. The lowest BCUT2D eigenvalue weighted by atomic mass is 10.2. The Kier molecular flexibility index (Phi) is 2.79. The quantitative estimate of drug-likeness (QED) is 0.799. The number of fused-ring (bicyclic) bond motifs is 1. The zero-order valence-corrected chi connectivity index (χ0v) is 9.83. The number of hydrogen-bond acceptors (Lipinski definition) is 2. The monoisotopic (exact) mass is 215 g/mol. The highest BCUT2D eigenvalue weighted by Gasteiger charge is 2.09. The van der Waals surface area contributed by atoms with Crippen LogP contribution in [-0.4, -0.2) is 9.55 Å². The van der Waals surface area contributed by atoms with E-state index in [4.69, 9.17) is 5.73 Å². The Balaban J connectivity index is 2.63. The first-order valence-electron chi connectivity index (χ1n) is 5.42. The van der Waals surface area contributed by atoms with Crippen LogP contribution in [0.4, 0.5) is 0 Å². The smallest absolute Gasteiger partial charge is 0.123 e. The van der Waals surface area contributed by atoms with Crippen LogP contribution in [0, 0.1) is 6.92 Å². The van der Waals surface area contributed by atoms with E-state index in [-0.39, 0.29) is 0 Å². The Bertz CT molecular complexity index is 537. The topological polar surface area (TPSA) is 43.8 Å². The van der Waals surface area contributed by atoms with Gasteiger partial charge >= 0.3 is 0 Å². The normalized spacial score (nSPS) is 10.9. The predicted octanol–water partition coefficient (Wildman–Crippen LogP) is 2.38. The third-order valence-electron chi connectivity index (χ3n) is 2.59. The molecule has 2 aromatic rings. The molecule has 3 nitrogen and oxygen atoms in total. The van der Waals surface area contributed by atoms with E-state index >= 15 is 0 Å². The van der Waals surface area contributed by atoms with Crippen molar-refractivity contribution in [2.45, 2.75) is 26.9 Å². The first-order chi connectivity index (χ1) is 7.61. The van der Waals surface area contributed by atoms with E-state index in [0.29, 0.717) is 6.54 Å². The number of aromatic nitrogens is 2. The van der Waals surface area contributed by atoms with Gasteiger partial charge in [-0.3, -0.25) is 0 Å². The molecule has 0 saturated carbocycles. The van der Waals surface area contributed by atoms with Gasteiger partial charge in [-0.1, -0.05) is 18.2 Å². The summed E-state index contributed by atoms with van der Waals surface area (Å²) < 4.78 is 2.14. The molecule has 1 aromatic heterocycles. The first-order valence-corrected chi connectivity index (χ1v) is 5.42. The molecular formula is C13H17N3. The molecule has 1 aromatic carbocycles. The number of benzene rings is 1. The number of aryl methyl sites for hydroxylation is 1. The number of rotatable bonds is 3. The maximum atomic E-state index is 5.72. The Morgan fingerprint density at radius 2 is 2.25 bits per heavy atom. The van der Waals surface area contributed by atoms with Crippen LogP contribution in [0.2, 0.25) is 0 Å². The van der Waals surface area contributed by atoms with Crippen molar-refractivity contribution in [1.29, 1.82) is 0 Å². The summed E-state index contributed by atoms with van der Waals surface area (Å²) in [5.74, 6) is 0.920. The molecule has 3 heteroatoms. The molecule has 0 fully saturated rings. The van der Waals surface area contributed by atoms with Crippen molar-refractivity contribution in [3.05, 3.63) is 41.7 Å². The third kappa shape index (κ3) is 1.86. The molecule has 0 aliphatic heterocycles. The maximum absolute atomic E-state index is 5.72. The van der Waals surface area contributed by atoms with E-state index in [1.807, 2.05) is 6.92 Å². The van der Waals surface area contributed by atoms with E-state index in [1.165, 1.54) is 5.56 Å². The Morgan fingerprint density at radius 1 is 1.50 bits per heavy atom. The molecule has 0 saturated heterocycles. The van der Waals surface area contributed by atoms with Gasteiger partial charge in [-0.05, 0) is 31.5 Å². The second-order valence-electron chi connectivity index (χ2n) is 4.27. The van der Waals surface area contributed by atoms with E-state index in [2.05, 4.69) is 41.3 Å². The van der Waals surface area contributed by atoms with Crippen molar-refractivity contribution in [2.24, 2.45) is 5.73 Å². The van der Waals surface area contributed by atoms with Crippen molar-refractivity contribution >= 4 is 11.0 Å². The van der Waals surface area contributed by atoms with Crippen LogP contribution in [-0.2, 0) is 13.1 Å². The summed E-state index contributed by atoms with van der Waals surface area (Å²) in [6, 6.07) is 6.28. The largest absolute Gasteiger partial charge is 0.324 e. The minimum Gasteiger partial charge on any atom is -0.324 e. The van der Waals surface area contributed by atoms with E-state index < -0.39 is 0 Å². The molecular weight excluding hydrogens is 198 g/mol. The van der Waals surface area contributed by atoms with Crippen LogP contribution in [0.5, 0.6) is 0 Å². The SMILES string of the molecule is C=C(C)Cn1c(CN)nc2cc(C)ccc21. The Hall–Kier alpha value is -1.61. The number of nitrogens with zero attached hydrogens (tertiary/aromatic N) is 2. The van der Waals surface area contributed by atoms with E-state index in [1.54, 1.807) is 0 Å². The summed E-state index contributed by atoms with van der Waals surface area (Å²) >= 11 is 0. The number of hydrogen-bond donors (Lipinski definition) is 1. The molecule has 0 amide bonds. The Morgan fingerprint density at radius 3 is 2.88 bits per heavy atom. The zero-order chi connectivity index (χ0) is 11.7. The highest BCUT2D eigenvalue weighted by Crippen LogP contribution is 2.18.